The molecule has 0 aliphatic carbocycles. The number of rotatable bonds is 3. The van der Waals surface area contributed by atoms with Crippen LogP contribution in [0.3, 0.4) is 0 Å². The van der Waals surface area contributed by atoms with Gasteiger partial charge in [-0.25, -0.2) is 24.3 Å². The first kappa shape index (κ1) is 34.3. The predicted octanol–water partition coefficient (Wildman–Crippen LogP) is 10.3. The summed E-state index contributed by atoms with van der Waals surface area (Å²) in [6.07, 6.45) is 0. The van der Waals surface area contributed by atoms with Crippen LogP contribution < -0.4 is 9.30 Å². The number of fused-ring (bicyclic) bond motifs is 20. The molecule has 0 amide bonds. The molecule has 3 aromatic heterocycles. The first-order valence-electron chi connectivity index (χ1n) is 15.4. The van der Waals surface area contributed by atoms with E-state index in [1.807, 2.05) is 48.5 Å². The van der Waals surface area contributed by atoms with Crippen LogP contribution in [0.4, 0.5) is 0 Å². The smallest absolute Gasteiger partial charge is 0.341 e. The average Bonchev–Trinajstić information content (AvgIpc) is 3.86. The Morgan fingerprint density at radius 2 is 1.09 bits per heavy atom. The van der Waals surface area contributed by atoms with E-state index in [9.17, 15) is 9.90 Å². The number of carboxylic acid groups (broad SMARTS) is 1. The minimum absolute atomic E-state index is 0.00529. The van der Waals surface area contributed by atoms with Gasteiger partial charge in [0, 0.05) is 21.9 Å². The summed E-state index contributed by atoms with van der Waals surface area (Å²) in [5, 5.41) is 11.3. The van der Waals surface area contributed by atoms with Crippen LogP contribution >= 0.6 is 81.2 Å². The molecule has 9 rings (SSSR count). The van der Waals surface area contributed by atoms with Crippen molar-refractivity contribution in [1.82, 2.24) is 34.9 Å². The van der Waals surface area contributed by atoms with E-state index in [2.05, 4.69) is 9.97 Å². The zero-order valence-electron chi connectivity index (χ0n) is 26.4. The van der Waals surface area contributed by atoms with E-state index in [0.717, 1.165) is 16.3 Å². The Morgan fingerprint density at radius 3 is 1.68 bits per heavy atom. The molecule has 0 saturated heterocycles. The Hall–Kier alpha value is -4.46. The Labute approximate surface area is 332 Å². The van der Waals surface area contributed by atoms with Crippen molar-refractivity contribution in [2.24, 2.45) is 7.05 Å². The van der Waals surface area contributed by atoms with Gasteiger partial charge in [0.25, 0.3) is 11.6 Å². The fourth-order valence-corrected chi connectivity index (χ4v) is 8.42. The number of aromatic amines is 2. The Balaban J connectivity index is 1.55. The van der Waals surface area contributed by atoms with Gasteiger partial charge in [-0.3, -0.25) is 0 Å². The minimum atomic E-state index is -1.26. The van der Waals surface area contributed by atoms with Crippen molar-refractivity contribution in [2.45, 2.75) is 0 Å². The van der Waals surface area contributed by atoms with Gasteiger partial charge in [0.15, 0.2) is 24.0 Å². The summed E-state index contributed by atoms with van der Waals surface area (Å²) in [4.78, 5) is 42.9. The number of aliphatic carboxylic acids is 1. The third-order valence-electron chi connectivity index (χ3n) is 8.85. The van der Waals surface area contributed by atoms with E-state index in [4.69, 9.17) is 111 Å². The van der Waals surface area contributed by atoms with Crippen LogP contribution in [0.1, 0.15) is 0 Å². The van der Waals surface area contributed by atoms with Gasteiger partial charge in [-0.2, -0.15) is 0 Å². The molecular formula is C35H16Cl7N8O3+. The van der Waals surface area contributed by atoms with Crippen molar-refractivity contribution < 1.29 is 19.2 Å². The zero-order valence-corrected chi connectivity index (χ0v) is 31.7. The Kier molecular flexibility index (Phi) is 8.13. The van der Waals surface area contributed by atoms with Crippen molar-refractivity contribution in [3.8, 4) is 51.3 Å². The van der Waals surface area contributed by atoms with Crippen molar-refractivity contribution in [3.63, 3.8) is 0 Å². The van der Waals surface area contributed by atoms with Gasteiger partial charge < -0.3 is 19.8 Å². The lowest BCUT2D eigenvalue weighted by Gasteiger charge is -2.10. The van der Waals surface area contributed by atoms with Crippen molar-refractivity contribution in [2.75, 3.05) is 6.61 Å². The first-order valence-corrected chi connectivity index (χ1v) is 18.0. The molecule has 11 nitrogen and oxygen atoms in total. The van der Waals surface area contributed by atoms with E-state index in [1.54, 1.807) is 11.6 Å². The molecule has 0 saturated carbocycles. The topological polar surface area (TPSA) is 146 Å². The predicted molar refractivity (Wildman–Crippen MR) is 208 cm³/mol. The Bertz CT molecular complexity index is 3000. The second-order valence-corrected chi connectivity index (χ2v) is 14.5. The normalized spacial score (nSPS) is 12.0. The van der Waals surface area contributed by atoms with Crippen LogP contribution in [0.2, 0.25) is 35.2 Å². The molecular weight excluding hydrogens is 829 g/mol. The number of carboxylic acids is 1. The highest BCUT2D eigenvalue weighted by atomic mass is 35.5. The summed E-state index contributed by atoms with van der Waals surface area (Å²) in [7, 11) is 1.72. The molecule has 0 atom stereocenters. The molecule has 2 aliphatic rings. The SMILES string of the molecule is C[n+]1c2nc3[nH]c(nc4nc(nc5[nH]c(nc1-c1c(Cl)c(Cl)c(Cl)c(Cl)c1-2)c1c(Cl)c(OCC(=O)O)c(Cl)c(Cl)c51)-c1ccccc1-4)c1ccccc31. The third-order valence-corrected chi connectivity index (χ3v) is 11.8. The van der Waals surface area contributed by atoms with Gasteiger partial charge >= 0.3 is 5.97 Å². The number of carbonyl (C=O) groups is 1. The van der Waals surface area contributed by atoms with Crippen LogP contribution in [-0.4, -0.2) is 52.6 Å². The number of nitrogens with zero attached hydrogens (tertiary/aromatic N) is 6. The van der Waals surface area contributed by atoms with E-state index in [0.29, 0.717) is 45.5 Å². The summed E-state index contributed by atoms with van der Waals surface area (Å²) < 4.78 is 7.19. The lowest BCUT2D eigenvalue weighted by Crippen LogP contribution is -2.30. The zero-order chi connectivity index (χ0) is 37.0. The quantitative estimate of drug-likeness (QED) is 0.0905. The van der Waals surface area contributed by atoms with Gasteiger partial charge in [0.1, 0.15) is 16.3 Å². The molecule has 5 heterocycles. The second-order valence-electron chi connectivity index (χ2n) is 11.9. The fraction of sp³-hybridized carbons (Fsp3) is 0.0571. The van der Waals surface area contributed by atoms with Crippen LogP contribution in [0.15, 0.2) is 48.5 Å². The molecule has 262 valence electrons. The van der Waals surface area contributed by atoms with E-state index in [1.165, 1.54) is 0 Å². The highest BCUT2D eigenvalue weighted by Crippen LogP contribution is 2.51. The van der Waals surface area contributed by atoms with Gasteiger partial charge in [-0.05, 0) is 6.07 Å². The van der Waals surface area contributed by atoms with Crippen LogP contribution in [0, 0.1) is 0 Å². The number of hydrogen-bond acceptors (Lipinski definition) is 7. The maximum absolute atomic E-state index is 11.5. The minimum Gasteiger partial charge on any atom is -0.479 e. The Morgan fingerprint density at radius 1 is 0.623 bits per heavy atom. The molecule has 0 fully saturated rings. The molecule has 3 N–H and O–H groups in total. The maximum Gasteiger partial charge on any atom is 0.341 e. The molecule has 7 aromatic rings. The van der Waals surface area contributed by atoms with Crippen LogP contribution in [0.5, 0.6) is 5.75 Å². The second kappa shape index (κ2) is 12.6. The number of benzene rings is 4. The summed E-state index contributed by atoms with van der Waals surface area (Å²) in [6.45, 7) is -0.749. The van der Waals surface area contributed by atoms with E-state index >= 15 is 0 Å². The summed E-state index contributed by atoms with van der Waals surface area (Å²) in [5.74, 6) is -0.171. The highest BCUT2D eigenvalue weighted by Gasteiger charge is 2.37. The number of aromatic nitrogens is 8. The molecule has 0 spiro atoms. The number of nitrogens with one attached hydrogen (secondary N) is 2. The van der Waals surface area contributed by atoms with Crippen molar-refractivity contribution in [1.29, 1.82) is 0 Å². The van der Waals surface area contributed by atoms with E-state index < -0.39 is 12.6 Å². The third kappa shape index (κ3) is 5.14. The highest BCUT2D eigenvalue weighted by molar-refractivity contribution is 6.54. The van der Waals surface area contributed by atoms with Gasteiger partial charge in [-0.15, -0.1) is 0 Å². The average molecular weight is 845 g/mol. The number of H-pyrrole nitrogens is 2. The number of hydrogen-bond donors (Lipinski definition) is 3. The van der Waals surface area contributed by atoms with Crippen LogP contribution in [-0.2, 0) is 11.8 Å². The summed E-state index contributed by atoms with van der Waals surface area (Å²) in [6, 6.07) is 15.1. The molecule has 8 bridgehead atoms. The van der Waals surface area contributed by atoms with Crippen molar-refractivity contribution >= 4 is 131 Å². The lowest BCUT2D eigenvalue weighted by molar-refractivity contribution is -0.650. The fourth-order valence-electron chi connectivity index (χ4n) is 6.51. The standard InChI is InChI=1S/C35H15Cl7N8O3/c1-50-34-18-19(22(38)25(41)24(40)21(18)37)35(50)49-33-17-16(20(36)26(42)27(23(17)39)53-10-15(51)52)32(47-33)46-30-12-7-3-2-6-11(12)28(44-30)43-29-13-8-4-5-9-14(13)31(45-29)48-34/h2-9H,10H2,1H3,(H2,43,44,45,46,47,48,49,51,52)/p+1. The molecule has 2 aliphatic heterocycles. The molecule has 18 heteroatoms. The monoisotopic (exact) mass is 841 g/mol. The number of ether oxygens (including phenoxy) is 1. The summed E-state index contributed by atoms with van der Waals surface area (Å²) in [5.41, 5.74) is 3.36. The number of halogens is 7. The van der Waals surface area contributed by atoms with E-state index in [-0.39, 0.29) is 68.8 Å². The largest absolute Gasteiger partial charge is 0.479 e. The molecule has 53 heavy (non-hydrogen) atoms. The summed E-state index contributed by atoms with van der Waals surface area (Å²) >= 11 is 47.7. The van der Waals surface area contributed by atoms with Crippen molar-refractivity contribution in [3.05, 3.63) is 83.7 Å². The maximum atomic E-state index is 11.5. The van der Waals surface area contributed by atoms with Gasteiger partial charge in [0.2, 0.25) is 11.3 Å². The lowest BCUT2D eigenvalue weighted by atomic mass is 10.1. The van der Waals surface area contributed by atoms with Crippen LogP contribution in [0.25, 0.3) is 89.7 Å². The molecule has 0 unspecified atom stereocenters. The molecule has 0 radical (unpaired) electrons. The molecule has 4 aromatic carbocycles. The van der Waals surface area contributed by atoms with Gasteiger partial charge in [-0.1, -0.05) is 134 Å². The first-order chi connectivity index (χ1) is 25.4. The van der Waals surface area contributed by atoms with Gasteiger partial charge in [0.05, 0.1) is 59.1 Å².